The highest BCUT2D eigenvalue weighted by atomic mass is 16.2. The van der Waals surface area contributed by atoms with Gasteiger partial charge in [-0.3, -0.25) is 19.7 Å². The molecule has 1 aliphatic rings. The van der Waals surface area contributed by atoms with Crippen molar-refractivity contribution in [2.45, 2.75) is 32.6 Å². The van der Waals surface area contributed by atoms with E-state index in [0.717, 1.165) is 24.1 Å². The predicted molar refractivity (Wildman–Crippen MR) is 120 cm³/mol. The molecule has 2 aromatic heterocycles. The van der Waals surface area contributed by atoms with Gasteiger partial charge in [0.1, 0.15) is 5.69 Å². The van der Waals surface area contributed by atoms with Crippen LogP contribution in [0.3, 0.4) is 0 Å². The minimum absolute atomic E-state index is 0.0446. The van der Waals surface area contributed by atoms with E-state index in [9.17, 15) is 9.59 Å². The van der Waals surface area contributed by atoms with Crippen LogP contribution in [0.15, 0.2) is 54.9 Å². The van der Waals surface area contributed by atoms with Crippen molar-refractivity contribution < 1.29 is 9.59 Å². The van der Waals surface area contributed by atoms with E-state index in [1.165, 1.54) is 5.56 Å². The van der Waals surface area contributed by atoms with Crippen molar-refractivity contribution in [2.24, 2.45) is 5.92 Å². The molecule has 1 aromatic carbocycles. The summed E-state index contributed by atoms with van der Waals surface area (Å²) in [6.07, 6.45) is 4.94. The maximum atomic E-state index is 13.0. The molecule has 0 bridgehead atoms. The second-order valence-electron chi connectivity index (χ2n) is 8.26. The van der Waals surface area contributed by atoms with Gasteiger partial charge in [-0.2, -0.15) is 5.10 Å². The van der Waals surface area contributed by atoms with E-state index in [1.54, 1.807) is 23.4 Å². The fourth-order valence-corrected chi connectivity index (χ4v) is 3.84. The van der Waals surface area contributed by atoms with Crippen molar-refractivity contribution in [1.29, 1.82) is 0 Å². The van der Waals surface area contributed by atoms with E-state index in [-0.39, 0.29) is 17.7 Å². The van der Waals surface area contributed by atoms with Gasteiger partial charge in [-0.1, -0.05) is 26.0 Å². The first-order valence-corrected chi connectivity index (χ1v) is 10.7. The molecule has 31 heavy (non-hydrogen) atoms. The monoisotopic (exact) mass is 417 g/mol. The highest BCUT2D eigenvalue weighted by Crippen LogP contribution is 2.23. The molecular weight excluding hydrogens is 390 g/mol. The first kappa shape index (κ1) is 20.8. The molecule has 2 N–H and O–H groups in total. The van der Waals surface area contributed by atoms with Crippen molar-refractivity contribution in [3.8, 4) is 11.3 Å². The molecule has 1 atom stereocenters. The molecule has 1 fully saturated rings. The first-order chi connectivity index (χ1) is 15.0. The van der Waals surface area contributed by atoms with Crippen molar-refractivity contribution in [3.63, 3.8) is 0 Å². The van der Waals surface area contributed by atoms with Crippen LogP contribution in [0.4, 0.5) is 5.69 Å². The molecular formula is C24H27N5O2. The Balaban J connectivity index is 1.39. The molecule has 0 aliphatic carbocycles. The lowest BCUT2D eigenvalue weighted by Gasteiger charge is -2.31. The van der Waals surface area contributed by atoms with Gasteiger partial charge >= 0.3 is 0 Å². The summed E-state index contributed by atoms with van der Waals surface area (Å²) in [6.45, 7) is 5.31. The standard InChI is InChI=1S/C24H27N5O2/c1-16(2)17-5-7-20(8-6-17)26-23(30)19-4-3-13-29(15-19)24(31)22-14-21(27-28-22)18-9-11-25-12-10-18/h5-12,14,16,19H,3-4,13,15H2,1-2H3,(H,26,30)(H,27,28)/t19-/m0/s1. The molecule has 7 nitrogen and oxygen atoms in total. The van der Waals surface area contributed by atoms with Gasteiger partial charge in [0.05, 0.1) is 11.6 Å². The van der Waals surface area contributed by atoms with E-state index in [1.807, 2.05) is 36.4 Å². The molecule has 0 radical (unpaired) electrons. The Morgan fingerprint density at radius 2 is 1.87 bits per heavy atom. The zero-order chi connectivity index (χ0) is 21.8. The van der Waals surface area contributed by atoms with Gasteiger partial charge < -0.3 is 10.2 Å². The Hall–Kier alpha value is -3.48. The first-order valence-electron chi connectivity index (χ1n) is 10.7. The van der Waals surface area contributed by atoms with Crippen LogP contribution in [0.1, 0.15) is 48.7 Å². The summed E-state index contributed by atoms with van der Waals surface area (Å²) in [7, 11) is 0. The number of nitrogens with one attached hydrogen (secondary N) is 2. The lowest BCUT2D eigenvalue weighted by Crippen LogP contribution is -2.43. The van der Waals surface area contributed by atoms with Gasteiger partial charge in [-0.25, -0.2) is 0 Å². The van der Waals surface area contributed by atoms with Gasteiger partial charge in [0.25, 0.3) is 5.91 Å². The Bertz CT molecular complexity index is 1040. The lowest BCUT2D eigenvalue weighted by molar-refractivity contribution is -0.121. The molecule has 0 spiro atoms. The Kier molecular flexibility index (Phi) is 6.11. The quantitative estimate of drug-likeness (QED) is 0.654. The zero-order valence-corrected chi connectivity index (χ0v) is 17.8. The van der Waals surface area contributed by atoms with Crippen LogP contribution in [0.25, 0.3) is 11.3 Å². The number of anilines is 1. The van der Waals surface area contributed by atoms with Crippen molar-refractivity contribution in [2.75, 3.05) is 18.4 Å². The summed E-state index contributed by atoms with van der Waals surface area (Å²) in [5.41, 5.74) is 4.04. The van der Waals surface area contributed by atoms with Gasteiger partial charge in [-0.05, 0) is 54.7 Å². The van der Waals surface area contributed by atoms with Crippen LogP contribution in [-0.4, -0.2) is 45.0 Å². The van der Waals surface area contributed by atoms with Crippen LogP contribution >= 0.6 is 0 Å². The van der Waals surface area contributed by atoms with Crippen LogP contribution < -0.4 is 5.32 Å². The maximum absolute atomic E-state index is 13.0. The number of carbonyl (C=O) groups excluding carboxylic acids is 2. The summed E-state index contributed by atoms with van der Waals surface area (Å²) >= 11 is 0. The molecule has 160 valence electrons. The van der Waals surface area contributed by atoms with E-state index in [4.69, 9.17) is 0 Å². The predicted octanol–water partition coefficient (Wildman–Crippen LogP) is 4.09. The van der Waals surface area contributed by atoms with Crippen LogP contribution in [0, 0.1) is 5.92 Å². The lowest BCUT2D eigenvalue weighted by atomic mass is 9.96. The van der Waals surface area contributed by atoms with E-state index >= 15 is 0 Å². The highest BCUT2D eigenvalue weighted by Gasteiger charge is 2.29. The molecule has 0 unspecified atom stereocenters. The second kappa shape index (κ2) is 9.12. The minimum Gasteiger partial charge on any atom is -0.337 e. The number of hydrogen-bond acceptors (Lipinski definition) is 4. The van der Waals surface area contributed by atoms with Crippen molar-refractivity contribution in [3.05, 3.63) is 66.1 Å². The topological polar surface area (TPSA) is 91.0 Å². The number of likely N-dealkylation sites (tertiary alicyclic amines) is 1. The Labute approximate surface area is 181 Å². The molecule has 4 rings (SSSR count). The van der Waals surface area contributed by atoms with Crippen LogP contribution in [0.5, 0.6) is 0 Å². The Morgan fingerprint density at radius 3 is 2.58 bits per heavy atom. The fourth-order valence-electron chi connectivity index (χ4n) is 3.84. The zero-order valence-electron chi connectivity index (χ0n) is 17.8. The fraction of sp³-hybridized carbons (Fsp3) is 0.333. The molecule has 0 saturated carbocycles. The normalized spacial score (nSPS) is 16.4. The van der Waals surface area contributed by atoms with Crippen molar-refractivity contribution in [1.82, 2.24) is 20.1 Å². The summed E-state index contributed by atoms with van der Waals surface area (Å²) in [4.78, 5) is 31.5. The number of pyridine rings is 1. The van der Waals surface area contributed by atoms with Crippen LogP contribution in [0.2, 0.25) is 0 Å². The Morgan fingerprint density at radius 1 is 1.13 bits per heavy atom. The average molecular weight is 418 g/mol. The number of carbonyl (C=O) groups is 2. The smallest absolute Gasteiger partial charge is 0.271 e. The summed E-state index contributed by atoms with van der Waals surface area (Å²) < 4.78 is 0. The van der Waals surface area contributed by atoms with E-state index in [2.05, 4.69) is 34.3 Å². The van der Waals surface area contributed by atoms with E-state index in [0.29, 0.717) is 30.4 Å². The maximum Gasteiger partial charge on any atom is 0.271 e. The third-order valence-electron chi connectivity index (χ3n) is 5.71. The molecule has 2 amide bonds. The molecule has 3 heterocycles. The number of benzene rings is 1. The SMILES string of the molecule is CC(C)c1ccc(NC(=O)[C@H]2CCCN(C(=O)c3cc(-c4ccncc4)n[nH]3)C2)cc1. The second-order valence-corrected chi connectivity index (χ2v) is 8.26. The van der Waals surface area contributed by atoms with Gasteiger partial charge in [-0.15, -0.1) is 0 Å². The summed E-state index contributed by atoms with van der Waals surface area (Å²) in [5, 5.41) is 10.1. The number of rotatable bonds is 5. The van der Waals surface area contributed by atoms with Gasteiger partial charge in [0, 0.05) is 36.7 Å². The highest BCUT2D eigenvalue weighted by molar-refractivity contribution is 5.95. The molecule has 3 aromatic rings. The number of amides is 2. The third-order valence-corrected chi connectivity index (χ3v) is 5.71. The number of hydrogen-bond donors (Lipinski definition) is 2. The van der Waals surface area contributed by atoms with E-state index < -0.39 is 0 Å². The van der Waals surface area contributed by atoms with Gasteiger partial charge in [0.2, 0.25) is 5.91 Å². The number of aromatic nitrogens is 3. The number of H-pyrrole nitrogens is 1. The summed E-state index contributed by atoms with van der Waals surface area (Å²) in [5.74, 6) is 0.0396. The van der Waals surface area contributed by atoms with Crippen molar-refractivity contribution >= 4 is 17.5 Å². The average Bonchev–Trinajstić information content (AvgIpc) is 3.30. The third kappa shape index (κ3) is 4.82. The summed E-state index contributed by atoms with van der Waals surface area (Å²) in [6, 6.07) is 13.4. The minimum atomic E-state index is -0.231. The van der Waals surface area contributed by atoms with Crippen LogP contribution in [-0.2, 0) is 4.79 Å². The van der Waals surface area contributed by atoms with Gasteiger partial charge in [0.15, 0.2) is 0 Å². The molecule has 1 saturated heterocycles. The molecule has 7 heteroatoms. The number of nitrogens with zero attached hydrogens (tertiary/aromatic N) is 3. The number of aromatic amines is 1. The largest absolute Gasteiger partial charge is 0.337 e. The number of piperidine rings is 1. The molecule has 1 aliphatic heterocycles.